The summed E-state index contributed by atoms with van der Waals surface area (Å²) in [4.78, 5) is 41.5. The predicted molar refractivity (Wildman–Crippen MR) is 165 cm³/mol. The van der Waals surface area contributed by atoms with Crippen LogP contribution in [0.25, 0.3) is 11.1 Å². The van der Waals surface area contributed by atoms with Crippen molar-refractivity contribution in [2.24, 2.45) is 5.92 Å². The molecule has 0 unspecified atom stereocenters. The number of nitrogens with one attached hydrogen (secondary N) is 3. The van der Waals surface area contributed by atoms with Crippen molar-refractivity contribution in [3.8, 4) is 28.4 Å². The fraction of sp³-hybridized carbons (Fsp3) is 0.531. The highest BCUT2D eigenvalue weighted by Crippen LogP contribution is 2.50. The molecular formula is C32H44N4O7. The van der Waals surface area contributed by atoms with Crippen LogP contribution in [0.2, 0.25) is 0 Å². The van der Waals surface area contributed by atoms with Crippen LogP contribution >= 0.6 is 0 Å². The highest BCUT2D eigenvalue weighted by atomic mass is 16.5. The zero-order valence-electron chi connectivity index (χ0n) is 26.0. The van der Waals surface area contributed by atoms with Gasteiger partial charge in [-0.3, -0.25) is 19.3 Å². The molecule has 0 aromatic heterocycles. The van der Waals surface area contributed by atoms with E-state index >= 15 is 0 Å². The summed E-state index contributed by atoms with van der Waals surface area (Å²) in [5, 5.41) is 9.27. The number of nitrogens with zero attached hydrogens (tertiary/aromatic N) is 1. The first-order valence-corrected chi connectivity index (χ1v) is 14.8. The molecule has 2 atom stereocenters. The third-order valence-corrected chi connectivity index (χ3v) is 8.01. The predicted octanol–water partition coefficient (Wildman–Crippen LogP) is 2.75. The standard InChI is InChI=1S/C32H44N4O7/c1-19(2)29(32(39)33-11-12-36-13-15-43-16-14-36)35-25-10-8-22-23(18-26(25)38)24(34-20(3)37)9-7-21-17-27(40-4)30(41-5)31(42-6)28(21)22/h8,10,17-19,24,29H,7,9,11-16H2,1-6H3,(H,33,39)(H,34,37)(H,35,38)/t24-,29-/m1/s1. The molecular weight excluding hydrogens is 552 g/mol. The maximum absolute atomic E-state index is 13.7. The summed E-state index contributed by atoms with van der Waals surface area (Å²) in [6.45, 7) is 9.67. The molecule has 0 saturated carbocycles. The van der Waals surface area contributed by atoms with Crippen LogP contribution in [0.15, 0.2) is 29.1 Å². The van der Waals surface area contributed by atoms with Crippen molar-refractivity contribution < 1.29 is 28.5 Å². The first-order chi connectivity index (χ1) is 20.7. The van der Waals surface area contributed by atoms with E-state index in [9.17, 15) is 14.4 Å². The number of fused-ring (bicyclic) bond motifs is 3. The average molecular weight is 597 g/mol. The Morgan fingerprint density at radius 2 is 1.77 bits per heavy atom. The molecule has 2 aromatic rings. The van der Waals surface area contributed by atoms with Crippen LogP contribution < -0.4 is 35.6 Å². The molecule has 11 nitrogen and oxygen atoms in total. The van der Waals surface area contributed by atoms with Gasteiger partial charge in [0.2, 0.25) is 23.0 Å². The molecule has 1 aliphatic carbocycles. The van der Waals surface area contributed by atoms with Gasteiger partial charge in [-0.2, -0.15) is 0 Å². The molecule has 1 fully saturated rings. The van der Waals surface area contributed by atoms with Gasteiger partial charge >= 0.3 is 0 Å². The normalized spacial score (nSPS) is 17.1. The number of carbonyl (C=O) groups is 2. The van der Waals surface area contributed by atoms with Crippen LogP contribution in [0, 0.1) is 5.92 Å². The molecule has 2 aromatic carbocycles. The second-order valence-corrected chi connectivity index (χ2v) is 11.2. The van der Waals surface area contributed by atoms with Crippen molar-refractivity contribution in [3.05, 3.63) is 45.6 Å². The number of hydrogen-bond acceptors (Lipinski definition) is 9. The Balaban J connectivity index is 1.73. The largest absolute Gasteiger partial charge is 0.493 e. The lowest BCUT2D eigenvalue weighted by molar-refractivity contribution is -0.123. The third kappa shape index (κ3) is 7.40. The Kier molecular flexibility index (Phi) is 10.9. The molecule has 1 saturated heterocycles. The molecule has 11 heteroatoms. The maximum atomic E-state index is 13.7. The number of anilines is 1. The summed E-state index contributed by atoms with van der Waals surface area (Å²) < 4.78 is 22.5. The third-order valence-electron chi connectivity index (χ3n) is 8.01. The Bertz CT molecular complexity index is 1370. The Morgan fingerprint density at radius 1 is 1.05 bits per heavy atom. The molecule has 2 amide bonds. The topological polar surface area (TPSA) is 127 Å². The van der Waals surface area contributed by atoms with Gasteiger partial charge in [0, 0.05) is 38.7 Å². The van der Waals surface area contributed by atoms with Crippen LogP contribution in [-0.4, -0.2) is 83.5 Å². The average Bonchev–Trinajstić information content (AvgIpc) is 3.23. The second kappa shape index (κ2) is 14.6. The van der Waals surface area contributed by atoms with Crippen LogP contribution in [0.3, 0.4) is 0 Å². The van der Waals surface area contributed by atoms with Gasteiger partial charge in [0.1, 0.15) is 6.04 Å². The van der Waals surface area contributed by atoms with E-state index in [1.807, 2.05) is 26.0 Å². The van der Waals surface area contributed by atoms with Gasteiger partial charge in [-0.1, -0.05) is 19.9 Å². The van der Waals surface area contributed by atoms with Gasteiger partial charge in [-0.05, 0) is 53.6 Å². The first kappa shape index (κ1) is 32.1. The number of methoxy groups -OCH3 is 3. The van der Waals surface area contributed by atoms with Gasteiger partial charge in [-0.25, -0.2) is 0 Å². The molecule has 3 N–H and O–H groups in total. The van der Waals surface area contributed by atoms with Crippen LogP contribution in [0.1, 0.15) is 44.4 Å². The second-order valence-electron chi connectivity index (χ2n) is 11.2. The maximum Gasteiger partial charge on any atom is 0.242 e. The number of hydrogen-bond donors (Lipinski definition) is 3. The molecule has 0 spiro atoms. The van der Waals surface area contributed by atoms with E-state index < -0.39 is 12.1 Å². The molecule has 43 heavy (non-hydrogen) atoms. The van der Waals surface area contributed by atoms with E-state index in [2.05, 4.69) is 20.9 Å². The van der Waals surface area contributed by atoms with E-state index in [-0.39, 0.29) is 28.8 Å². The lowest BCUT2D eigenvalue weighted by atomic mass is 9.95. The number of ether oxygens (including phenoxy) is 4. The van der Waals surface area contributed by atoms with Crippen molar-refractivity contribution >= 4 is 17.5 Å². The van der Waals surface area contributed by atoms with Crippen LogP contribution in [0.4, 0.5) is 5.69 Å². The van der Waals surface area contributed by atoms with Gasteiger partial charge in [0.25, 0.3) is 0 Å². The summed E-state index contributed by atoms with van der Waals surface area (Å²) in [6.07, 6.45) is 1.17. The highest BCUT2D eigenvalue weighted by Gasteiger charge is 2.30. The summed E-state index contributed by atoms with van der Waals surface area (Å²) in [5.74, 6) is 0.994. The van der Waals surface area contributed by atoms with Crippen molar-refractivity contribution in [3.63, 3.8) is 0 Å². The summed E-state index contributed by atoms with van der Waals surface area (Å²) in [7, 11) is 4.68. The van der Waals surface area contributed by atoms with E-state index in [4.69, 9.17) is 18.9 Å². The number of carbonyl (C=O) groups excluding carboxylic acids is 2. The minimum atomic E-state index is -0.628. The molecule has 0 radical (unpaired) electrons. The van der Waals surface area contributed by atoms with E-state index in [1.165, 1.54) is 6.92 Å². The summed E-state index contributed by atoms with van der Waals surface area (Å²) >= 11 is 0. The number of amides is 2. The lowest BCUT2D eigenvalue weighted by Crippen LogP contribution is -2.47. The number of rotatable bonds is 11. The van der Waals surface area contributed by atoms with Crippen LogP contribution in [-0.2, 0) is 20.7 Å². The van der Waals surface area contributed by atoms with Crippen molar-refractivity contribution in [2.75, 3.05) is 66.0 Å². The Hall–Kier alpha value is -3.83. The Morgan fingerprint density at radius 3 is 2.40 bits per heavy atom. The zero-order chi connectivity index (χ0) is 31.1. The quantitative estimate of drug-likeness (QED) is 0.359. The fourth-order valence-electron chi connectivity index (χ4n) is 5.80. The summed E-state index contributed by atoms with van der Waals surface area (Å²) in [5.41, 5.74) is 3.10. The molecule has 0 bridgehead atoms. The summed E-state index contributed by atoms with van der Waals surface area (Å²) in [6, 6.07) is 5.97. The number of aryl methyl sites for hydroxylation is 1. The van der Waals surface area contributed by atoms with Gasteiger partial charge < -0.3 is 34.9 Å². The first-order valence-electron chi connectivity index (χ1n) is 14.8. The molecule has 1 heterocycles. The minimum absolute atomic E-state index is 0.0872. The van der Waals surface area contributed by atoms with E-state index in [1.54, 1.807) is 33.5 Å². The zero-order valence-corrected chi connectivity index (χ0v) is 26.0. The van der Waals surface area contributed by atoms with E-state index in [0.29, 0.717) is 55.4 Å². The van der Waals surface area contributed by atoms with Crippen LogP contribution in [0.5, 0.6) is 17.2 Å². The van der Waals surface area contributed by atoms with Gasteiger partial charge in [0.05, 0.1) is 46.3 Å². The smallest absolute Gasteiger partial charge is 0.242 e. The van der Waals surface area contributed by atoms with Crippen molar-refractivity contribution in [2.45, 2.75) is 45.7 Å². The minimum Gasteiger partial charge on any atom is -0.493 e. The van der Waals surface area contributed by atoms with Gasteiger partial charge in [0.15, 0.2) is 11.5 Å². The monoisotopic (exact) mass is 596 g/mol. The lowest BCUT2D eigenvalue weighted by Gasteiger charge is -2.27. The fourth-order valence-corrected chi connectivity index (χ4v) is 5.80. The molecule has 4 rings (SSSR count). The van der Waals surface area contributed by atoms with Crippen molar-refractivity contribution in [1.29, 1.82) is 0 Å². The SMILES string of the molecule is COc1cc2c(c(OC)c1OC)-c1ccc(N[C@@H](C(=O)NCCN3CCOCC3)C(C)C)c(=O)cc1[C@H](NC(C)=O)CC2. The van der Waals surface area contributed by atoms with Gasteiger partial charge in [-0.15, -0.1) is 0 Å². The molecule has 1 aliphatic heterocycles. The van der Waals surface area contributed by atoms with Crippen molar-refractivity contribution in [1.82, 2.24) is 15.5 Å². The number of morpholine rings is 1. The molecule has 234 valence electrons. The molecule has 2 aliphatic rings. The number of benzene rings is 1. The van der Waals surface area contributed by atoms with E-state index in [0.717, 1.165) is 36.3 Å². The Labute approximate surface area is 253 Å². The highest BCUT2D eigenvalue weighted by molar-refractivity contribution is 5.86.